The second-order valence-corrected chi connectivity index (χ2v) is 5.27. The lowest BCUT2D eigenvalue weighted by Crippen LogP contribution is -2.18. The first-order valence-corrected chi connectivity index (χ1v) is 6.72. The maximum absolute atomic E-state index is 5.69. The molecule has 1 fully saturated rings. The van der Waals surface area contributed by atoms with Gasteiger partial charge in [0.15, 0.2) is 5.13 Å². The SMILES string of the molecule is Nc1nc([C@@H]2CCN(c3ccccc3)C2)cs1. The molecule has 1 aromatic heterocycles. The van der Waals surface area contributed by atoms with E-state index in [4.69, 9.17) is 5.73 Å². The number of rotatable bonds is 2. The Bertz CT molecular complexity index is 494. The standard InChI is InChI=1S/C13H15N3S/c14-13-15-12(9-17-13)10-6-7-16(8-10)11-4-2-1-3-5-11/h1-5,9-10H,6-8H2,(H2,14,15)/t10-/m1/s1. The number of para-hydroxylation sites is 1. The smallest absolute Gasteiger partial charge is 0.180 e. The third-order valence-electron chi connectivity index (χ3n) is 3.27. The van der Waals surface area contributed by atoms with E-state index in [0.717, 1.165) is 25.2 Å². The van der Waals surface area contributed by atoms with Crippen molar-refractivity contribution in [2.45, 2.75) is 12.3 Å². The summed E-state index contributed by atoms with van der Waals surface area (Å²) in [5.41, 5.74) is 8.15. The lowest BCUT2D eigenvalue weighted by Gasteiger charge is -2.18. The number of benzene rings is 1. The van der Waals surface area contributed by atoms with Crippen LogP contribution in [0.3, 0.4) is 0 Å². The largest absolute Gasteiger partial charge is 0.375 e. The third kappa shape index (κ3) is 2.13. The van der Waals surface area contributed by atoms with Gasteiger partial charge in [0.2, 0.25) is 0 Å². The van der Waals surface area contributed by atoms with Crippen molar-refractivity contribution in [3.05, 3.63) is 41.4 Å². The van der Waals surface area contributed by atoms with Crippen molar-refractivity contribution < 1.29 is 0 Å². The molecule has 88 valence electrons. The molecule has 0 radical (unpaired) electrons. The van der Waals surface area contributed by atoms with Gasteiger partial charge in [0.1, 0.15) is 0 Å². The molecule has 0 saturated carbocycles. The molecule has 3 nitrogen and oxygen atoms in total. The lowest BCUT2D eigenvalue weighted by atomic mass is 10.1. The molecule has 0 bridgehead atoms. The van der Waals surface area contributed by atoms with Crippen molar-refractivity contribution in [1.29, 1.82) is 0 Å². The Balaban J connectivity index is 1.74. The highest BCUT2D eigenvalue weighted by Gasteiger charge is 2.25. The quantitative estimate of drug-likeness (QED) is 0.884. The number of nitrogens with two attached hydrogens (primary N) is 1. The van der Waals surface area contributed by atoms with Crippen molar-refractivity contribution in [3.63, 3.8) is 0 Å². The molecule has 3 rings (SSSR count). The Hall–Kier alpha value is -1.55. The Labute approximate surface area is 105 Å². The summed E-state index contributed by atoms with van der Waals surface area (Å²) in [7, 11) is 0. The van der Waals surface area contributed by atoms with Crippen LogP contribution in [0, 0.1) is 0 Å². The Morgan fingerprint density at radius 1 is 1.29 bits per heavy atom. The third-order valence-corrected chi connectivity index (χ3v) is 3.96. The number of thiazole rings is 1. The Kier molecular flexibility index (Phi) is 2.73. The van der Waals surface area contributed by atoms with Crippen molar-refractivity contribution in [1.82, 2.24) is 4.98 Å². The highest BCUT2D eigenvalue weighted by molar-refractivity contribution is 7.13. The molecule has 2 aromatic rings. The first-order valence-electron chi connectivity index (χ1n) is 5.84. The predicted octanol–water partition coefficient (Wildman–Crippen LogP) is 2.72. The van der Waals surface area contributed by atoms with Gasteiger partial charge in [-0.2, -0.15) is 0 Å². The summed E-state index contributed by atoms with van der Waals surface area (Å²) in [5.74, 6) is 0.531. The number of nitrogens with zero attached hydrogens (tertiary/aromatic N) is 2. The summed E-state index contributed by atoms with van der Waals surface area (Å²) in [6.45, 7) is 2.15. The minimum atomic E-state index is 0.531. The van der Waals surface area contributed by atoms with Crippen LogP contribution < -0.4 is 10.6 Å². The zero-order valence-corrected chi connectivity index (χ0v) is 10.4. The van der Waals surface area contributed by atoms with Crippen molar-refractivity contribution >= 4 is 22.2 Å². The maximum atomic E-state index is 5.69. The molecule has 1 saturated heterocycles. The Morgan fingerprint density at radius 3 is 2.82 bits per heavy atom. The van der Waals surface area contributed by atoms with Crippen LogP contribution in [0.25, 0.3) is 0 Å². The van der Waals surface area contributed by atoms with Gasteiger partial charge in [-0.3, -0.25) is 0 Å². The first-order chi connectivity index (χ1) is 8.33. The number of anilines is 2. The summed E-state index contributed by atoms with van der Waals surface area (Å²) >= 11 is 1.54. The van der Waals surface area contributed by atoms with Gasteiger partial charge >= 0.3 is 0 Å². The molecule has 0 aliphatic carbocycles. The average molecular weight is 245 g/mol. The Morgan fingerprint density at radius 2 is 2.12 bits per heavy atom. The fourth-order valence-electron chi connectivity index (χ4n) is 2.36. The van der Waals surface area contributed by atoms with E-state index >= 15 is 0 Å². The zero-order valence-electron chi connectivity index (χ0n) is 9.54. The van der Waals surface area contributed by atoms with Gasteiger partial charge in [-0.25, -0.2) is 4.98 Å². The summed E-state index contributed by atoms with van der Waals surface area (Å²) < 4.78 is 0. The van der Waals surface area contributed by atoms with Crippen LogP contribution in [0.4, 0.5) is 10.8 Å². The van der Waals surface area contributed by atoms with Gasteiger partial charge in [-0.15, -0.1) is 11.3 Å². The van der Waals surface area contributed by atoms with Crippen LogP contribution in [-0.4, -0.2) is 18.1 Å². The van der Waals surface area contributed by atoms with E-state index in [9.17, 15) is 0 Å². The number of nitrogen functional groups attached to an aromatic ring is 1. The van der Waals surface area contributed by atoms with Gasteiger partial charge in [0.05, 0.1) is 5.69 Å². The predicted molar refractivity (Wildman–Crippen MR) is 72.5 cm³/mol. The molecule has 17 heavy (non-hydrogen) atoms. The first kappa shape index (κ1) is 10.6. The minimum Gasteiger partial charge on any atom is -0.375 e. The van der Waals surface area contributed by atoms with Crippen LogP contribution in [-0.2, 0) is 0 Å². The molecule has 1 atom stereocenters. The van der Waals surface area contributed by atoms with E-state index in [-0.39, 0.29) is 0 Å². The van der Waals surface area contributed by atoms with E-state index in [1.807, 2.05) is 0 Å². The molecular formula is C13H15N3S. The van der Waals surface area contributed by atoms with Crippen LogP contribution in [0.5, 0.6) is 0 Å². The summed E-state index contributed by atoms with van der Waals surface area (Å²) in [5, 5.41) is 2.77. The van der Waals surface area contributed by atoms with E-state index < -0.39 is 0 Å². The van der Waals surface area contributed by atoms with Crippen LogP contribution in [0.2, 0.25) is 0 Å². The van der Waals surface area contributed by atoms with Crippen molar-refractivity contribution in [2.75, 3.05) is 23.7 Å². The fraction of sp³-hybridized carbons (Fsp3) is 0.308. The molecule has 4 heteroatoms. The molecular weight excluding hydrogens is 230 g/mol. The molecule has 1 aliphatic heterocycles. The summed E-state index contributed by atoms with van der Waals surface area (Å²) in [6, 6.07) is 10.6. The molecule has 0 unspecified atom stereocenters. The summed E-state index contributed by atoms with van der Waals surface area (Å²) in [4.78, 5) is 6.81. The van der Waals surface area contributed by atoms with Gasteiger partial charge in [0, 0.05) is 30.1 Å². The topological polar surface area (TPSA) is 42.1 Å². The molecule has 2 heterocycles. The minimum absolute atomic E-state index is 0.531. The molecule has 1 aromatic carbocycles. The highest BCUT2D eigenvalue weighted by Crippen LogP contribution is 2.31. The van der Waals surface area contributed by atoms with E-state index in [0.29, 0.717) is 11.0 Å². The van der Waals surface area contributed by atoms with E-state index in [1.165, 1.54) is 17.0 Å². The normalized spacial score (nSPS) is 19.8. The van der Waals surface area contributed by atoms with E-state index in [1.54, 1.807) is 0 Å². The molecule has 1 aliphatic rings. The maximum Gasteiger partial charge on any atom is 0.180 e. The second-order valence-electron chi connectivity index (χ2n) is 4.38. The van der Waals surface area contributed by atoms with Crippen LogP contribution >= 0.6 is 11.3 Å². The zero-order chi connectivity index (χ0) is 11.7. The van der Waals surface area contributed by atoms with Gasteiger partial charge in [-0.1, -0.05) is 18.2 Å². The number of hydrogen-bond donors (Lipinski definition) is 1. The monoisotopic (exact) mass is 245 g/mol. The molecule has 0 amide bonds. The summed E-state index contributed by atoms with van der Waals surface area (Å²) in [6.07, 6.45) is 1.16. The van der Waals surface area contributed by atoms with Crippen molar-refractivity contribution in [2.24, 2.45) is 0 Å². The van der Waals surface area contributed by atoms with E-state index in [2.05, 4.69) is 45.6 Å². The fourth-order valence-corrected chi connectivity index (χ4v) is 3.01. The second kappa shape index (κ2) is 4.37. The van der Waals surface area contributed by atoms with Gasteiger partial charge < -0.3 is 10.6 Å². The lowest BCUT2D eigenvalue weighted by molar-refractivity contribution is 0.752. The van der Waals surface area contributed by atoms with Crippen molar-refractivity contribution in [3.8, 4) is 0 Å². The molecule has 0 spiro atoms. The average Bonchev–Trinajstić information content (AvgIpc) is 2.98. The van der Waals surface area contributed by atoms with Gasteiger partial charge in [0.25, 0.3) is 0 Å². The van der Waals surface area contributed by atoms with Crippen LogP contribution in [0.15, 0.2) is 35.7 Å². The van der Waals surface area contributed by atoms with Gasteiger partial charge in [-0.05, 0) is 18.6 Å². The molecule has 2 N–H and O–H groups in total. The number of aromatic nitrogens is 1. The van der Waals surface area contributed by atoms with Crippen LogP contribution in [0.1, 0.15) is 18.0 Å². The number of hydrogen-bond acceptors (Lipinski definition) is 4. The highest BCUT2D eigenvalue weighted by atomic mass is 32.1.